The Morgan fingerprint density at radius 3 is 2.63 bits per heavy atom. The molecule has 30 heavy (non-hydrogen) atoms. The summed E-state index contributed by atoms with van der Waals surface area (Å²) in [6.45, 7) is 5.89. The van der Waals surface area contributed by atoms with Gasteiger partial charge in [-0.2, -0.15) is 0 Å². The molecule has 0 aliphatic carbocycles. The van der Waals surface area contributed by atoms with Crippen molar-refractivity contribution in [1.82, 2.24) is 20.3 Å². The maximum Gasteiger partial charge on any atom is 0.238 e. The molecule has 3 aromatic rings. The molecule has 0 radical (unpaired) electrons. The number of hydrogen-bond donors (Lipinski definition) is 2. The van der Waals surface area contributed by atoms with Gasteiger partial charge in [-0.1, -0.05) is 31.2 Å². The van der Waals surface area contributed by atoms with Gasteiger partial charge in [0.1, 0.15) is 5.69 Å². The molecule has 0 spiro atoms. The van der Waals surface area contributed by atoms with E-state index in [0.717, 1.165) is 28.9 Å². The van der Waals surface area contributed by atoms with E-state index in [1.54, 1.807) is 24.7 Å². The van der Waals surface area contributed by atoms with Gasteiger partial charge in [0.2, 0.25) is 5.91 Å². The molecule has 1 aromatic carbocycles. The van der Waals surface area contributed by atoms with Crippen molar-refractivity contribution in [1.29, 1.82) is 0 Å². The van der Waals surface area contributed by atoms with Crippen molar-refractivity contribution in [3.63, 3.8) is 0 Å². The van der Waals surface area contributed by atoms with Gasteiger partial charge in [0, 0.05) is 37.6 Å². The lowest BCUT2D eigenvalue weighted by Gasteiger charge is -2.12. The molecule has 0 aliphatic heterocycles. The lowest BCUT2D eigenvalue weighted by atomic mass is 10.0. The molecule has 7 heteroatoms. The molecule has 2 aromatic heterocycles. The minimum absolute atomic E-state index is 0.0719. The van der Waals surface area contributed by atoms with Crippen LogP contribution in [0.5, 0.6) is 0 Å². The zero-order valence-corrected chi connectivity index (χ0v) is 17.4. The number of Topliss-reactive ketones (excluding diaryl/α,β-unsaturated/α-hetero) is 1. The van der Waals surface area contributed by atoms with Crippen LogP contribution in [-0.2, 0) is 17.8 Å². The molecule has 0 saturated heterocycles. The van der Waals surface area contributed by atoms with Crippen LogP contribution >= 0.6 is 0 Å². The van der Waals surface area contributed by atoms with Gasteiger partial charge in [-0.15, -0.1) is 0 Å². The third-order valence-corrected chi connectivity index (χ3v) is 4.56. The van der Waals surface area contributed by atoms with E-state index in [2.05, 4.69) is 44.6 Å². The number of ketones is 1. The predicted octanol–water partition coefficient (Wildman–Crippen LogP) is 3.34. The quantitative estimate of drug-likeness (QED) is 0.560. The van der Waals surface area contributed by atoms with E-state index in [-0.39, 0.29) is 23.9 Å². The summed E-state index contributed by atoms with van der Waals surface area (Å²) in [7, 11) is 0. The highest BCUT2D eigenvalue weighted by Gasteiger charge is 2.14. The van der Waals surface area contributed by atoms with E-state index in [9.17, 15) is 9.59 Å². The number of nitrogens with one attached hydrogen (secondary N) is 2. The van der Waals surface area contributed by atoms with Crippen molar-refractivity contribution in [2.75, 3.05) is 11.9 Å². The highest BCUT2D eigenvalue weighted by atomic mass is 16.2. The first-order chi connectivity index (χ1) is 14.5. The predicted molar refractivity (Wildman–Crippen MR) is 116 cm³/mol. The molecule has 0 bridgehead atoms. The van der Waals surface area contributed by atoms with Gasteiger partial charge < -0.3 is 10.6 Å². The van der Waals surface area contributed by atoms with Gasteiger partial charge in [0.25, 0.3) is 0 Å². The summed E-state index contributed by atoms with van der Waals surface area (Å²) in [4.78, 5) is 37.1. The average molecular weight is 403 g/mol. The van der Waals surface area contributed by atoms with E-state index in [1.807, 2.05) is 19.1 Å². The Balaban J connectivity index is 1.72. The van der Waals surface area contributed by atoms with Crippen molar-refractivity contribution in [3.8, 4) is 11.1 Å². The Morgan fingerprint density at radius 2 is 1.90 bits per heavy atom. The van der Waals surface area contributed by atoms with Crippen LogP contribution in [0.15, 0.2) is 48.9 Å². The molecule has 1 amide bonds. The zero-order valence-electron chi connectivity index (χ0n) is 17.4. The Kier molecular flexibility index (Phi) is 6.98. The number of carbonyl (C=O) groups excluding carboxylic acids is 2. The fraction of sp³-hybridized carbons (Fsp3) is 0.261. The number of carbonyl (C=O) groups is 2. The van der Waals surface area contributed by atoms with Crippen LogP contribution < -0.4 is 10.6 Å². The van der Waals surface area contributed by atoms with E-state index in [1.165, 1.54) is 12.5 Å². The van der Waals surface area contributed by atoms with Crippen molar-refractivity contribution in [2.45, 2.75) is 33.7 Å². The molecular formula is C23H25N5O2. The lowest BCUT2D eigenvalue weighted by molar-refractivity contribution is -0.115. The molecule has 0 saturated carbocycles. The van der Waals surface area contributed by atoms with Gasteiger partial charge >= 0.3 is 0 Å². The average Bonchev–Trinajstić information content (AvgIpc) is 2.73. The normalized spacial score (nSPS) is 10.6. The first-order valence-corrected chi connectivity index (χ1v) is 9.84. The number of benzene rings is 1. The standard InChI is InChI=1S/C23H25N5O2/c1-4-17-6-5-7-18(8-17)19-9-21(23(16(3)29)26-11-19)28-22(30)14-25-13-20-12-24-10-15(2)27-20/h5-12,25H,4,13-14H2,1-3H3,(H,28,30). The van der Waals surface area contributed by atoms with Crippen molar-refractivity contribution < 1.29 is 9.59 Å². The molecular weight excluding hydrogens is 378 g/mol. The summed E-state index contributed by atoms with van der Waals surface area (Å²) in [5.74, 6) is -0.471. The number of hydrogen-bond acceptors (Lipinski definition) is 6. The smallest absolute Gasteiger partial charge is 0.238 e. The second kappa shape index (κ2) is 9.84. The van der Waals surface area contributed by atoms with E-state index in [4.69, 9.17) is 0 Å². The van der Waals surface area contributed by atoms with Gasteiger partial charge in [0.15, 0.2) is 5.78 Å². The summed E-state index contributed by atoms with van der Waals surface area (Å²) in [5, 5.41) is 5.85. The maximum absolute atomic E-state index is 12.4. The molecule has 0 atom stereocenters. The minimum atomic E-state index is -0.264. The fourth-order valence-corrected chi connectivity index (χ4v) is 3.07. The highest BCUT2D eigenvalue weighted by Crippen LogP contribution is 2.25. The summed E-state index contributed by atoms with van der Waals surface area (Å²) in [5.41, 5.74) is 5.26. The van der Waals surface area contributed by atoms with Crippen LogP contribution in [0.4, 0.5) is 5.69 Å². The molecule has 2 heterocycles. The molecule has 7 nitrogen and oxygen atoms in total. The van der Waals surface area contributed by atoms with Crippen LogP contribution in [0.25, 0.3) is 11.1 Å². The summed E-state index contributed by atoms with van der Waals surface area (Å²) < 4.78 is 0. The molecule has 0 aliphatic rings. The van der Waals surface area contributed by atoms with E-state index in [0.29, 0.717) is 12.2 Å². The highest BCUT2D eigenvalue weighted by molar-refractivity contribution is 6.03. The second-order valence-electron chi connectivity index (χ2n) is 7.03. The zero-order chi connectivity index (χ0) is 21.5. The minimum Gasteiger partial charge on any atom is -0.323 e. The van der Waals surface area contributed by atoms with Crippen molar-refractivity contribution in [3.05, 3.63) is 71.6 Å². The number of rotatable bonds is 8. The lowest BCUT2D eigenvalue weighted by Crippen LogP contribution is -2.28. The third kappa shape index (κ3) is 5.55. The van der Waals surface area contributed by atoms with Crippen LogP contribution in [0.1, 0.15) is 41.3 Å². The number of aryl methyl sites for hydroxylation is 2. The number of anilines is 1. The Hall–Kier alpha value is -3.45. The van der Waals surface area contributed by atoms with Crippen LogP contribution in [-0.4, -0.2) is 33.2 Å². The van der Waals surface area contributed by atoms with Crippen LogP contribution in [0.3, 0.4) is 0 Å². The van der Waals surface area contributed by atoms with Crippen LogP contribution in [0, 0.1) is 6.92 Å². The number of aromatic nitrogens is 3. The molecule has 3 rings (SSSR count). The Morgan fingerprint density at radius 1 is 1.07 bits per heavy atom. The topological polar surface area (TPSA) is 96.9 Å². The molecule has 0 fully saturated rings. The summed E-state index contributed by atoms with van der Waals surface area (Å²) in [6.07, 6.45) is 5.92. The molecule has 154 valence electrons. The molecule has 0 unspecified atom stereocenters. The van der Waals surface area contributed by atoms with E-state index >= 15 is 0 Å². The summed E-state index contributed by atoms with van der Waals surface area (Å²) in [6, 6.07) is 9.92. The fourth-order valence-electron chi connectivity index (χ4n) is 3.07. The molecule has 2 N–H and O–H groups in total. The number of nitrogens with zero attached hydrogens (tertiary/aromatic N) is 3. The monoisotopic (exact) mass is 403 g/mol. The second-order valence-corrected chi connectivity index (χ2v) is 7.03. The van der Waals surface area contributed by atoms with Gasteiger partial charge in [-0.3, -0.25) is 24.5 Å². The van der Waals surface area contributed by atoms with Crippen molar-refractivity contribution in [2.24, 2.45) is 0 Å². The maximum atomic E-state index is 12.4. The Bertz CT molecular complexity index is 1060. The number of pyridine rings is 1. The van der Waals surface area contributed by atoms with Gasteiger partial charge in [0.05, 0.1) is 23.6 Å². The largest absolute Gasteiger partial charge is 0.323 e. The first-order valence-electron chi connectivity index (χ1n) is 9.84. The van der Waals surface area contributed by atoms with Crippen LogP contribution in [0.2, 0.25) is 0 Å². The van der Waals surface area contributed by atoms with E-state index < -0.39 is 0 Å². The van der Waals surface area contributed by atoms with Crippen molar-refractivity contribution >= 4 is 17.4 Å². The van der Waals surface area contributed by atoms with Gasteiger partial charge in [-0.25, -0.2) is 0 Å². The first kappa shape index (κ1) is 21.3. The summed E-state index contributed by atoms with van der Waals surface area (Å²) >= 11 is 0. The van der Waals surface area contributed by atoms with Gasteiger partial charge in [-0.05, 0) is 30.5 Å². The third-order valence-electron chi connectivity index (χ3n) is 4.56. The Labute approximate surface area is 176 Å². The SMILES string of the molecule is CCc1cccc(-c2cnc(C(C)=O)c(NC(=O)CNCc3cncc(C)n3)c2)c1. The number of amides is 1.